The smallest absolute Gasteiger partial charge is 0.217 e. The Morgan fingerprint density at radius 3 is 2.52 bits per heavy atom. The molecule has 5 rings (SSSR count). The average molecular weight is 444 g/mol. The van der Waals surface area contributed by atoms with Gasteiger partial charge in [0.05, 0.1) is 0 Å². The third-order valence-corrected chi connectivity index (χ3v) is 5.04. The normalized spacial score (nSPS) is 11.6. The lowest BCUT2D eigenvalue weighted by Crippen LogP contribution is -2.06. The van der Waals surface area contributed by atoms with Gasteiger partial charge in [-0.1, -0.05) is 24.3 Å². The molecule has 0 fully saturated rings. The summed E-state index contributed by atoms with van der Waals surface area (Å²) in [5.74, 6) is -1.52. The maximum atomic E-state index is 14.3. The van der Waals surface area contributed by atoms with Crippen LogP contribution in [0.5, 0.6) is 5.75 Å². The Morgan fingerprint density at radius 1 is 0.939 bits per heavy atom. The molecule has 2 aliphatic rings. The van der Waals surface area contributed by atoms with Crippen molar-refractivity contribution in [2.24, 2.45) is 0 Å². The first-order valence-electron chi connectivity index (χ1n) is 9.80. The fraction of sp³-hybridized carbons (Fsp3) is 0.0417. The van der Waals surface area contributed by atoms with Gasteiger partial charge in [0.2, 0.25) is 5.43 Å². The third-order valence-electron chi connectivity index (χ3n) is 5.04. The van der Waals surface area contributed by atoms with Crippen molar-refractivity contribution in [1.29, 1.82) is 0 Å². The van der Waals surface area contributed by atoms with Crippen LogP contribution in [0.4, 0.5) is 8.78 Å². The van der Waals surface area contributed by atoms with Crippen molar-refractivity contribution in [3.05, 3.63) is 87.6 Å². The largest absolute Gasteiger partial charge is 0.505 e. The highest BCUT2D eigenvalue weighted by molar-refractivity contribution is 6.02. The molecule has 0 atom stereocenters. The van der Waals surface area contributed by atoms with Crippen molar-refractivity contribution >= 4 is 23.1 Å². The standard InChI is InChI=1S/C24H14F2N4O3/c1-12-27-29-23(30-28-12)6-5-13-3-2-4-14(7-13)24-15-8-17(25)19(31)10-21(15)33-22-11-20(32)18(26)9-16(22)24/h2-11,31H,1H3/b6-5+. The lowest BCUT2D eigenvalue weighted by Gasteiger charge is -2.16. The molecule has 9 heteroatoms. The molecule has 2 aromatic carbocycles. The molecule has 3 aromatic rings. The summed E-state index contributed by atoms with van der Waals surface area (Å²) in [5, 5.41) is 25.7. The quantitative estimate of drug-likeness (QED) is 0.406. The van der Waals surface area contributed by atoms with Crippen LogP contribution in [0.25, 0.3) is 45.6 Å². The fourth-order valence-corrected chi connectivity index (χ4v) is 3.53. The van der Waals surface area contributed by atoms with Crippen molar-refractivity contribution in [3.8, 4) is 28.2 Å². The van der Waals surface area contributed by atoms with Gasteiger partial charge < -0.3 is 9.52 Å². The molecule has 1 aliphatic heterocycles. The van der Waals surface area contributed by atoms with Crippen molar-refractivity contribution in [2.75, 3.05) is 0 Å². The van der Waals surface area contributed by atoms with E-state index in [9.17, 15) is 18.7 Å². The number of benzene rings is 3. The minimum absolute atomic E-state index is 0.112. The van der Waals surface area contributed by atoms with Gasteiger partial charge in [0, 0.05) is 28.6 Å². The molecule has 0 saturated heterocycles. The van der Waals surface area contributed by atoms with E-state index >= 15 is 0 Å². The summed E-state index contributed by atoms with van der Waals surface area (Å²) in [4.78, 5) is 11.9. The van der Waals surface area contributed by atoms with Crippen LogP contribution in [0.3, 0.4) is 0 Å². The van der Waals surface area contributed by atoms with Crippen LogP contribution >= 0.6 is 0 Å². The molecule has 1 aromatic heterocycles. The van der Waals surface area contributed by atoms with E-state index in [1.807, 2.05) is 6.07 Å². The predicted molar refractivity (Wildman–Crippen MR) is 117 cm³/mol. The van der Waals surface area contributed by atoms with E-state index in [0.717, 1.165) is 29.8 Å². The van der Waals surface area contributed by atoms with Crippen molar-refractivity contribution in [3.63, 3.8) is 0 Å². The highest BCUT2D eigenvalue weighted by atomic mass is 19.1. The topological polar surface area (TPSA) is 102 Å². The molecular weight excluding hydrogens is 430 g/mol. The lowest BCUT2D eigenvalue weighted by atomic mass is 9.92. The van der Waals surface area contributed by atoms with E-state index in [1.54, 1.807) is 37.3 Å². The molecule has 2 heterocycles. The molecule has 0 saturated carbocycles. The minimum atomic E-state index is -0.954. The molecule has 0 radical (unpaired) electrons. The number of nitrogens with zero attached hydrogens (tertiary/aromatic N) is 4. The van der Waals surface area contributed by atoms with Crippen LogP contribution in [0, 0.1) is 18.6 Å². The maximum absolute atomic E-state index is 14.3. The van der Waals surface area contributed by atoms with E-state index in [1.165, 1.54) is 0 Å². The van der Waals surface area contributed by atoms with Gasteiger partial charge in [-0.15, -0.1) is 20.4 Å². The Balaban J connectivity index is 1.72. The zero-order chi connectivity index (χ0) is 23.1. The summed E-state index contributed by atoms with van der Waals surface area (Å²) < 4.78 is 34.1. The molecule has 1 N–H and O–H groups in total. The number of halogens is 2. The third kappa shape index (κ3) is 3.80. The van der Waals surface area contributed by atoms with Crippen LogP contribution in [-0.4, -0.2) is 25.5 Å². The average Bonchev–Trinajstić information content (AvgIpc) is 2.80. The minimum Gasteiger partial charge on any atom is -0.505 e. The Morgan fingerprint density at radius 2 is 1.73 bits per heavy atom. The van der Waals surface area contributed by atoms with Gasteiger partial charge in [0.1, 0.15) is 11.3 Å². The highest BCUT2D eigenvalue weighted by Crippen LogP contribution is 2.41. The summed E-state index contributed by atoms with van der Waals surface area (Å²) in [6.07, 6.45) is 3.38. The molecule has 0 bridgehead atoms. The van der Waals surface area contributed by atoms with Crippen molar-refractivity contribution < 1.29 is 18.3 Å². The second-order valence-electron chi connectivity index (χ2n) is 7.32. The molecule has 7 nitrogen and oxygen atoms in total. The van der Waals surface area contributed by atoms with Gasteiger partial charge in [-0.05, 0) is 42.3 Å². The highest BCUT2D eigenvalue weighted by Gasteiger charge is 2.21. The molecule has 1 aliphatic carbocycles. The Hall–Kier alpha value is -4.53. The molecule has 162 valence electrons. The van der Waals surface area contributed by atoms with Gasteiger partial charge in [-0.3, -0.25) is 4.79 Å². The lowest BCUT2D eigenvalue weighted by molar-refractivity contribution is 0.432. The first-order chi connectivity index (χ1) is 15.9. The number of aromatic nitrogens is 4. The number of fused-ring (bicyclic) bond motifs is 2. The number of phenolic OH excluding ortho intramolecular Hbond substituents is 1. The van der Waals surface area contributed by atoms with Gasteiger partial charge >= 0.3 is 0 Å². The SMILES string of the molecule is Cc1nnc(/C=C/c2cccc(-c3c4cc(F)c(=O)cc-4oc4cc(O)c(F)cc34)c2)nn1. The van der Waals surface area contributed by atoms with Crippen LogP contribution in [0.1, 0.15) is 17.2 Å². The number of aryl methyl sites for hydroxylation is 1. The van der Waals surface area contributed by atoms with Crippen LogP contribution in [0.15, 0.2) is 57.7 Å². The first-order valence-corrected chi connectivity index (χ1v) is 9.80. The first kappa shape index (κ1) is 20.4. The summed E-state index contributed by atoms with van der Waals surface area (Å²) >= 11 is 0. The van der Waals surface area contributed by atoms with Gasteiger partial charge in [-0.25, -0.2) is 8.78 Å². The van der Waals surface area contributed by atoms with Crippen molar-refractivity contribution in [2.45, 2.75) is 6.92 Å². The zero-order valence-electron chi connectivity index (χ0n) is 17.1. The zero-order valence-corrected chi connectivity index (χ0v) is 17.1. The fourth-order valence-electron chi connectivity index (χ4n) is 3.53. The van der Waals surface area contributed by atoms with E-state index in [4.69, 9.17) is 4.42 Å². The molecule has 0 amide bonds. The number of hydrogen-bond acceptors (Lipinski definition) is 7. The second kappa shape index (κ2) is 7.86. The summed E-state index contributed by atoms with van der Waals surface area (Å²) in [5.41, 5.74) is 1.43. The number of phenols is 1. The summed E-state index contributed by atoms with van der Waals surface area (Å²) in [6, 6.07) is 11.5. The molecule has 33 heavy (non-hydrogen) atoms. The van der Waals surface area contributed by atoms with E-state index < -0.39 is 22.8 Å². The molecule has 0 unspecified atom stereocenters. The Labute approximate surface area is 185 Å². The number of aromatic hydroxyl groups is 1. The predicted octanol–water partition coefficient (Wildman–Crippen LogP) is 4.61. The Bertz CT molecular complexity index is 1580. The number of rotatable bonds is 3. The van der Waals surface area contributed by atoms with Crippen molar-refractivity contribution in [1.82, 2.24) is 20.4 Å². The summed E-state index contributed by atoms with van der Waals surface area (Å²) in [6.45, 7) is 1.68. The van der Waals surface area contributed by atoms with Crippen LogP contribution in [-0.2, 0) is 0 Å². The maximum Gasteiger partial charge on any atom is 0.217 e. The van der Waals surface area contributed by atoms with E-state index in [2.05, 4.69) is 20.4 Å². The molecule has 0 spiro atoms. The van der Waals surface area contributed by atoms with E-state index in [-0.39, 0.29) is 11.3 Å². The van der Waals surface area contributed by atoms with E-state index in [0.29, 0.717) is 33.7 Å². The second-order valence-corrected chi connectivity index (χ2v) is 7.32. The van der Waals surface area contributed by atoms with Crippen LogP contribution in [0.2, 0.25) is 0 Å². The van der Waals surface area contributed by atoms with Crippen LogP contribution < -0.4 is 5.43 Å². The number of hydrogen-bond donors (Lipinski definition) is 1. The summed E-state index contributed by atoms with van der Waals surface area (Å²) in [7, 11) is 0. The van der Waals surface area contributed by atoms with Gasteiger partial charge in [0.25, 0.3) is 0 Å². The monoisotopic (exact) mass is 444 g/mol. The van der Waals surface area contributed by atoms with Gasteiger partial charge in [0.15, 0.2) is 29.0 Å². The Kier molecular flexibility index (Phi) is 4.86. The van der Waals surface area contributed by atoms with Gasteiger partial charge in [-0.2, -0.15) is 0 Å². The molecular formula is C24H14F2N4O3.